The molecule has 1 fully saturated rings. The van der Waals surface area contributed by atoms with E-state index in [0.717, 1.165) is 5.69 Å². The van der Waals surface area contributed by atoms with Crippen LogP contribution in [0.3, 0.4) is 0 Å². The van der Waals surface area contributed by atoms with E-state index < -0.39 is 0 Å². The van der Waals surface area contributed by atoms with Gasteiger partial charge in [-0.25, -0.2) is 4.98 Å². The second kappa shape index (κ2) is 6.07. The number of pyridine rings is 1. The third-order valence-corrected chi connectivity index (χ3v) is 3.78. The van der Waals surface area contributed by atoms with E-state index in [4.69, 9.17) is 0 Å². The lowest BCUT2D eigenvalue weighted by atomic mass is 10.2. The zero-order chi connectivity index (χ0) is 16.4. The van der Waals surface area contributed by atoms with Crippen molar-refractivity contribution in [1.82, 2.24) is 20.1 Å². The van der Waals surface area contributed by atoms with Crippen LogP contribution in [0.4, 0.5) is 11.5 Å². The predicted octanol–water partition coefficient (Wildman–Crippen LogP) is 0.0279. The van der Waals surface area contributed by atoms with E-state index in [1.165, 1.54) is 0 Å². The van der Waals surface area contributed by atoms with Gasteiger partial charge in [-0.3, -0.25) is 14.3 Å². The lowest BCUT2D eigenvalue weighted by Crippen LogP contribution is -2.51. The first-order valence-corrected chi connectivity index (χ1v) is 7.31. The summed E-state index contributed by atoms with van der Waals surface area (Å²) in [5.74, 6) is 0.277. The van der Waals surface area contributed by atoms with Gasteiger partial charge in [-0.15, -0.1) is 0 Å². The minimum atomic E-state index is -0.213. The Bertz CT molecular complexity index is 741. The van der Waals surface area contributed by atoms with Gasteiger partial charge in [0.2, 0.25) is 5.91 Å². The molecule has 2 amide bonds. The molecule has 23 heavy (non-hydrogen) atoms. The molecule has 3 rings (SSSR count). The number of nitrogens with one attached hydrogen (secondary N) is 1. The van der Waals surface area contributed by atoms with Crippen molar-refractivity contribution in [3.05, 3.63) is 36.3 Å². The second-order valence-electron chi connectivity index (χ2n) is 5.29. The maximum absolute atomic E-state index is 12.5. The van der Waals surface area contributed by atoms with Crippen molar-refractivity contribution in [2.75, 3.05) is 36.5 Å². The van der Waals surface area contributed by atoms with Gasteiger partial charge in [-0.1, -0.05) is 0 Å². The fraction of sp³-hybridized carbons (Fsp3) is 0.333. The van der Waals surface area contributed by atoms with Crippen molar-refractivity contribution in [2.24, 2.45) is 7.05 Å². The first-order valence-electron chi connectivity index (χ1n) is 7.31. The molecule has 0 bridgehead atoms. The summed E-state index contributed by atoms with van der Waals surface area (Å²) in [6.07, 6.45) is 5.11. The van der Waals surface area contributed by atoms with Crippen LogP contribution in [0.1, 0.15) is 10.4 Å². The molecule has 2 aromatic heterocycles. The Morgan fingerprint density at radius 1 is 1.35 bits per heavy atom. The summed E-state index contributed by atoms with van der Waals surface area (Å²) < 4.78 is 1.66. The van der Waals surface area contributed by atoms with Crippen LogP contribution in [-0.2, 0) is 11.8 Å². The Kier molecular flexibility index (Phi) is 3.96. The van der Waals surface area contributed by atoms with Crippen LogP contribution in [0.25, 0.3) is 0 Å². The zero-order valence-electron chi connectivity index (χ0n) is 13.1. The molecular formula is C15H18N6O2. The third kappa shape index (κ3) is 2.87. The minimum absolute atomic E-state index is 0.0437. The highest BCUT2D eigenvalue weighted by atomic mass is 16.2. The molecule has 0 spiro atoms. The number of rotatable bonds is 3. The van der Waals surface area contributed by atoms with Crippen LogP contribution in [0.5, 0.6) is 0 Å². The minimum Gasteiger partial charge on any atom is -0.355 e. The number of hydrogen-bond acceptors (Lipinski definition) is 5. The van der Waals surface area contributed by atoms with Crippen molar-refractivity contribution in [3.8, 4) is 0 Å². The molecule has 3 heterocycles. The number of amides is 2. The van der Waals surface area contributed by atoms with Crippen LogP contribution in [0, 0.1) is 0 Å². The van der Waals surface area contributed by atoms with Crippen LogP contribution in [0.2, 0.25) is 0 Å². The van der Waals surface area contributed by atoms with E-state index in [0.29, 0.717) is 24.5 Å². The smallest absolute Gasteiger partial charge is 0.254 e. The first-order chi connectivity index (χ1) is 11.1. The van der Waals surface area contributed by atoms with E-state index in [2.05, 4.69) is 15.4 Å². The first kappa shape index (κ1) is 15.0. The molecule has 1 N–H and O–H groups in total. The molecule has 0 aromatic carbocycles. The molecule has 1 saturated heterocycles. The van der Waals surface area contributed by atoms with Gasteiger partial charge >= 0.3 is 0 Å². The Hall–Kier alpha value is -2.90. The van der Waals surface area contributed by atoms with Crippen LogP contribution in [-0.4, -0.2) is 53.3 Å². The molecule has 1 aliphatic heterocycles. The summed E-state index contributed by atoms with van der Waals surface area (Å²) in [5.41, 5.74) is 1.25. The number of aromatic nitrogens is 3. The highest BCUT2D eigenvalue weighted by Gasteiger charge is 2.28. The fourth-order valence-corrected chi connectivity index (χ4v) is 2.64. The molecule has 0 saturated carbocycles. The van der Waals surface area contributed by atoms with Gasteiger partial charge in [0.1, 0.15) is 5.82 Å². The highest BCUT2D eigenvalue weighted by Crippen LogP contribution is 2.22. The third-order valence-electron chi connectivity index (χ3n) is 3.78. The molecule has 0 atom stereocenters. The largest absolute Gasteiger partial charge is 0.355 e. The monoisotopic (exact) mass is 314 g/mol. The average molecular weight is 314 g/mol. The van der Waals surface area contributed by atoms with Crippen molar-refractivity contribution in [2.45, 2.75) is 0 Å². The normalized spacial score (nSPS) is 15.0. The number of carbonyl (C=O) groups is 2. The fourth-order valence-electron chi connectivity index (χ4n) is 2.64. The van der Waals surface area contributed by atoms with Crippen molar-refractivity contribution in [1.29, 1.82) is 0 Å². The Morgan fingerprint density at radius 3 is 2.83 bits per heavy atom. The molecule has 120 valence electrons. The molecule has 0 aliphatic carbocycles. The summed E-state index contributed by atoms with van der Waals surface area (Å²) >= 11 is 0. The standard InChI is InChI=1S/C15H18N6O2/c1-16-15(23)12-4-3-5-17-14(12)20-6-7-21(13(22)10-20)11-8-18-19(2)9-11/h3-5,8-9H,6-7,10H2,1-2H3,(H,16,23). The second-order valence-corrected chi connectivity index (χ2v) is 5.29. The van der Waals surface area contributed by atoms with Crippen LogP contribution < -0.4 is 15.1 Å². The number of piperazine rings is 1. The lowest BCUT2D eigenvalue weighted by Gasteiger charge is -2.34. The summed E-state index contributed by atoms with van der Waals surface area (Å²) in [4.78, 5) is 32.2. The summed E-state index contributed by atoms with van der Waals surface area (Å²) in [7, 11) is 3.39. The van der Waals surface area contributed by atoms with Gasteiger partial charge in [-0.2, -0.15) is 5.10 Å². The Morgan fingerprint density at radius 2 is 2.17 bits per heavy atom. The Balaban J connectivity index is 1.81. The van der Waals surface area contributed by atoms with E-state index >= 15 is 0 Å². The van der Waals surface area contributed by atoms with Gasteiger partial charge in [0.25, 0.3) is 5.91 Å². The number of carbonyl (C=O) groups excluding carboxylic acids is 2. The van der Waals surface area contributed by atoms with Crippen molar-refractivity contribution in [3.63, 3.8) is 0 Å². The molecule has 1 aliphatic rings. The van der Waals surface area contributed by atoms with Gasteiger partial charge < -0.3 is 15.1 Å². The average Bonchev–Trinajstić information content (AvgIpc) is 3.00. The molecule has 8 heteroatoms. The number of nitrogens with zero attached hydrogens (tertiary/aromatic N) is 5. The summed E-state index contributed by atoms with van der Waals surface area (Å²) in [5, 5.41) is 6.69. The maximum atomic E-state index is 12.5. The number of hydrogen-bond donors (Lipinski definition) is 1. The van der Waals surface area contributed by atoms with Gasteiger partial charge in [0.15, 0.2) is 0 Å². The molecule has 0 unspecified atom stereocenters. The Labute approximate surface area is 133 Å². The predicted molar refractivity (Wildman–Crippen MR) is 85.4 cm³/mol. The van der Waals surface area contributed by atoms with Crippen molar-refractivity contribution >= 4 is 23.3 Å². The van der Waals surface area contributed by atoms with E-state index in [1.54, 1.807) is 41.2 Å². The van der Waals surface area contributed by atoms with Gasteiger partial charge in [-0.05, 0) is 12.1 Å². The summed E-state index contributed by atoms with van der Waals surface area (Å²) in [6, 6.07) is 3.42. The van der Waals surface area contributed by atoms with Crippen LogP contribution in [0.15, 0.2) is 30.7 Å². The van der Waals surface area contributed by atoms with Crippen molar-refractivity contribution < 1.29 is 9.59 Å². The topological polar surface area (TPSA) is 83.4 Å². The molecule has 2 aromatic rings. The SMILES string of the molecule is CNC(=O)c1cccnc1N1CCN(c2cnn(C)c2)C(=O)C1. The number of anilines is 2. The molecule has 8 nitrogen and oxygen atoms in total. The quantitative estimate of drug-likeness (QED) is 0.864. The van der Waals surface area contributed by atoms with E-state index in [1.807, 2.05) is 18.1 Å². The van der Waals surface area contributed by atoms with Crippen LogP contribution >= 0.6 is 0 Å². The van der Waals surface area contributed by atoms with E-state index in [-0.39, 0.29) is 18.4 Å². The van der Waals surface area contributed by atoms with Gasteiger partial charge in [0.05, 0.1) is 24.0 Å². The molecular weight excluding hydrogens is 296 g/mol. The maximum Gasteiger partial charge on any atom is 0.254 e. The summed E-state index contributed by atoms with van der Waals surface area (Å²) in [6.45, 7) is 1.30. The van der Waals surface area contributed by atoms with E-state index in [9.17, 15) is 9.59 Å². The van der Waals surface area contributed by atoms with Gasteiger partial charge in [0, 0.05) is 39.6 Å². The number of aryl methyl sites for hydroxylation is 1. The molecule has 0 radical (unpaired) electrons. The highest BCUT2D eigenvalue weighted by molar-refractivity contribution is 6.01. The zero-order valence-corrected chi connectivity index (χ0v) is 13.1. The lowest BCUT2D eigenvalue weighted by molar-refractivity contribution is -0.117.